The summed E-state index contributed by atoms with van der Waals surface area (Å²) < 4.78 is 16.2. The topological polar surface area (TPSA) is 107 Å². The second-order valence-corrected chi connectivity index (χ2v) is 8.96. The monoisotopic (exact) mass is 452 g/mol. The Balaban J connectivity index is 1.67. The van der Waals surface area contributed by atoms with Gasteiger partial charge in [0.1, 0.15) is 11.4 Å². The maximum absolute atomic E-state index is 12.7. The van der Waals surface area contributed by atoms with Gasteiger partial charge in [0.25, 0.3) is 5.56 Å². The van der Waals surface area contributed by atoms with Crippen LogP contribution in [0.3, 0.4) is 0 Å². The summed E-state index contributed by atoms with van der Waals surface area (Å²) in [5.41, 5.74) is 2.07. The van der Waals surface area contributed by atoms with Crippen molar-refractivity contribution in [1.82, 2.24) is 15.0 Å². The zero-order valence-corrected chi connectivity index (χ0v) is 19.5. The lowest BCUT2D eigenvalue weighted by Crippen LogP contribution is -2.40. The third-order valence-electron chi connectivity index (χ3n) is 5.34. The number of H-pyrrole nitrogens is 1. The molecule has 0 unspecified atom stereocenters. The summed E-state index contributed by atoms with van der Waals surface area (Å²) in [6.07, 6.45) is 3.34. The smallest absolute Gasteiger partial charge is 0.414 e. The molecule has 9 nitrogen and oxygen atoms in total. The lowest BCUT2D eigenvalue weighted by atomic mass is 10.0. The number of hydrogen-bond acceptors (Lipinski definition) is 7. The van der Waals surface area contributed by atoms with E-state index < -0.39 is 5.60 Å². The number of anilines is 1. The predicted molar refractivity (Wildman–Crippen MR) is 124 cm³/mol. The number of pyridine rings is 1. The Morgan fingerprint density at radius 3 is 2.58 bits per heavy atom. The van der Waals surface area contributed by atoms with Crippen LogP contribution in [0.15, 0.2) is 29.2 Å². The summed E-state index contributed by atoms with van der Waals surface area (Å²) in [6, 6.07) is 5.22. The summed E-state index contributed by atoms with van der Waals surface area (Å²) >= 11 is 0. The predicted octanol–water partition coefficient (Wildman–Crippen LogP) is 3.61. The number of methoxy groups -OCH3 is 2. The number of aryl methyl sites for hydroxylation is 1. The van der Waals surface area contributed by atoms with Gasteiger partial charge >= 0.3 is 6.09 Å². The van der Waals surface area contributed by atoms with Gasteiger partial charge in [0.2, 0.25) is 0 Å². The van der Waals surface area contributed by atoms with E-state index in [9.17, 15) is 9.59 Å². The van der Waals surface area contributed by atoms with Crippen molar-refractivity contribution in [1.29, 1.82) is 0 Å². The van der Waals surface area contributed by atoms with E-state index >= 15 is 0 Å². The van der Waals surface area contributed by atoms with Crippen LogP contribution in [0, 0.1) is 0 Å². The zero-order valence-electron chi connectivity index (χ0n) is 19.5. The van der Waals surface area contributed by atoms with Crippen LogP contribution in [0.25, 0.3) is 10.9 Å². The van der Waals surface area contributed by atoms with Crippen LogP contribution in [0.4, 0.5) is 10.5 Å². The number of benzene rings is 1. The van der Waals surface area contributed by atoms with E-state index in [1.165, 1.54) is 14.2 Å². The minimum Gasteiger partial charge on any atom is -0.493 e. The standard InChI is InChI=1S/C24H28N4O5/c1-24(2,3)33-23(30)28-8-6-7-16-18(28)9-14(13-25-16)10-21-26-17-12-20(32-5)19(31-4)11-15(17)22(29)27-21/h9,11-13H,6-8,10H2,1-5H3,(H,26,27,29). The van der Waals surface area contributed by atoms with Crippen LogP contribution in [0.1, 0.15) is 44.3 Å². The Morgan fingerprint density at radius 1 is 1.15 bits per heavy atom. The molecule has 0 spiro atoms. The number of aromatic nitrogens is 3. The van der Waals surface area contributed by atoms with Crippen molar-refractivity contribution >= 4 is 22.7 Å². The first kappa shape index (κ1) is 22.6. The highest BCUT2D eigenvalue weighted by molar-refractivity contribution is 5.89. The van der Waals surface area contributed by atoms with Gasteiger partial charge < -0.3 is 19.2 Å². The van der Waals surface area contributed by atoms with Gasteiger partial charge in [-0.3, -0.25) is 14.7 Å². The number of amides is 1. The fourth-order valence-corrected chi connectivity index (χ4v) is 3.87. The molecule has 1 N–H and O–H groups in total. The molecule has 33 heavy (non-hydrogen) atoms. The highest BCUT2D eigenvalue weighted by Crippen LogP contribution is 2.31. The van der Waals surface area contributed by atoms with Gasteiger partial charge in [0, 0.05) is 25.2 Å². The fourth-order valence-electron chi connectivity index (χ4n) is 3.87. The van der Waals surface area contributed by atoms with Gasteiger partial charge in [-0.1, -0.05) is 0 Å². The van der Waals surface area contributed by atoms with Crippen LogP contribution in [0.5, 0.6) is 11.5 Å². The van der Waals surface area contributed by atoms with Gasteiger partial charge in [-0.05, 0) is 51.3 Å². The van der Waals surface area contributed by atoms with Crippen LogP contribution >= 0.6 is 0 Å². The summed E-state index contributed by atoms with van der Waals surface area (Å²) in [4.78, 5) is 39.1. The zero-order chi connectivity index (χ0) is 23.8. The molecule has 4 rings (SSSR count). The molecule has 0 radical (unpaired) electrons. The maximum Gasteiger partial charge on any atom is 0.414 e. The minimum absolute atomic E-state index is 0.266. The molecular formula is C24H28N4O5. The molecule has 1 aliphatic rings. The van der Waals surface area contributed by atoms with E-state index in [0.717, 1.165) is 29.8 Å². The molecule has 0 aliphatic carbocycles. The maximum atomic E-state index is 12.7. The number of carbonyl (C=O) groups is 1. The molecule has 2 aromatic heterocycles. The number of nitrogens with zero attached hydrogens (tertiary/aromatic N) is 3. The first-order valence-corrected chi connectivity index (χ1v) is 10.8. The van der Waals surface area contributed by atoms with Gasteiger partial charge in [-0.2, -0.15) is 0 Å². The SMILES string of the molecule is COc1cc2nc(Cc3cnc4c(c3)N(C(=O)OC(C)(C)C)CCC4)[nH]c(=O)c2cc1OC. The number of nitrogens with one attached hydrogen (secondary N) is 1. The summed E-state index contributed by atoms with van der Waals surface area (Å²) in [6.45, 7) is 6.10. The quantitative estimate of drug-likeness (QED) is 0.644. The molecule has 0 bridgehead atoms. The number of carbonyl (C=O) groups excluding carboxylic acids is 1. The van der Waals surface area contributed by atoms with Gasteiger partial charge in [-0.25, -0.2) is 9.78 Å². The van der Waals surface area contributed by atoms with Crippen molar-refractivity contribution < 1.29 is 19.0 Å². The van der Waals surface area contributed by atoms with E-state index in [2.05, 4.69) is 15.0 Å². The largest absolute Gasteiger partial charge is 0.493 e. The van der Waals surface area contributed by atoms with Gasteiger partial charge in [0.05, 0.1) is 36.5 Å². The van der Waals surface area contributed by atoms with E-state index in [1.807, 2.05) is 26.8 Å². The molecule has 9 heteroatoms. The van der Waals surface area contributed by atoms with Crippen molar-refractivity contribution in [3.8, 4) is 11.5 Å². The Labute approximate surface area is 191 Å². The van der Waals surface area contributed by atoms with E-state index in [-0.39, 0.29) is 11.7 Å². The number of fused-ring (bicyclic) bond motifs is 2. The molecule has 3 heterocycles. The number of hydrogen-bond donors (Lipinski definition) is 1. The first-order chi connectivity index (χ1) is 15.7. The Bertz CT molecular complexity index is 1260. The minimum atomic E-state index is -0.585. The Hall–Kier alpha value is -3.62. The normalized spacial score (nSPS) is 13.5. The van der Waals surface area contributed by atoms with Crippen molar-refractivity contribution in [2.75, 3.05) is 25.7 Å². The van der Waals surface area contributed by atoms with Gasteiger partial charge in [0.15, 0.2) is 11.5 Å². The average Bonchev–Trinajstić information content (AvgIpc) is 2.76. The number of ether oxygens (including phenoxy) is 3. The average molecular weight is 453 g/mol. The Kier molecular flexibility index (Phi) is 5.97. The molecule has 1 amide bonds. The molecule has 0 saturated heterocycles. The number of aromatic amines is 1. The Morgan fingerprint density at radius 2 is 1.88 bits per heavy atom. The van der Waals surface area contributed by atoms with Crippen molar-refractivity contribution in [2.24, 2.45) is 0 Å². The van der Waals surface area contributed by atoms with E-state index in [4.69, 9.17) is 14.2 Å². The molecule has 0 fully saturated rings. The molecule has 0 saturated carbocycles. The molecule has 174 valence electrons. The second-order valence-electron chi connectivity index (χ2n) is 8.96. The summed E-state index contributed by atoms with van der Waals surface area (Å²) in [7, 11) is 3.05. The van der Waals surface area contributed by atoms with Crippen LogP contribution < -0.4 is 19.9 Å². The molecule has 0 atom stereocenters. The number of rotatable bonds is 4. The summed E-state index contributed by atoms with van der Waals surface area (Å²) in [5, 5.41) is 0.413. The lowest BCUT2D eigenvalue weighted by Gasteiger charge is -2.31. The first-order valence-electron chi connectivity index (χ1n) is 10.8. The molecule has 1 aromatic carbocycles. The van der Waals surface area contributed by atoms with E-state index in [0.29, 0.717) is 41.2 Å². The van der Waals surface area contributed by atoms with Crippen LogP contribution in [0.2, 0.25) is 0 Å². The van der Waals surface area contributed by atoms with Gasteiger partial charge in [-0.15, -0.1) is 0 Å². The highest BCUT2D eigenvalue weighted by atomic mass is 16.6. The van der Waals surface area contributed by atoms with Crippen LogP contribution in [-0.4, -0.2) is 47.4 Å². The highest BCUT2D eigenvalue weighted by Gasteiger charge is 2.28. The lowest BCUT2D eigenvalue weighted by molar-refractivity contribution is 0.0577. The third-order valence-corrected chi connectivity index (χ3v) is 5.34. The second kappa shape index (κ2) is 8.73. The molecule has 3 aromatic rings. The van der Waals surface area contributed by atoms with Crippen molar-refractivity contribution in [2.45, 2.75) is 45.6 Å². The fraction of sp³-hybridized carbons (Fsp3) is 0.417. The summed E-state index contributed by atoms with van der Waals surface area (Å²) in [5.74, 6) is 1.45. The van der Waals surface area contributed by atoms with Crippen LogP contribution in [-0.2, 0) is 17.6 Å². The van der Waals surface area contributed by atoms with Crippen molar-refractivity contribution in [3.05, 3.63) is 51.8 Å². The molecule has 1 aliphatic heterocycles. The van der Waals surface area contributed by atoms with E-state index in [1.54, 1.807) is 23.2 Å². The van der Waals surface area contributed by atoms with Crippen molar-refractivity contribution in [3.63, 3.8) is 0 Å². The molecular weight excluding hydrogens is 424 g/mol. The third kappa shape index (κ3) is 4.76.